The predicted molar refractivity (Wildman–Crippen MR) is 112 cm³/mol. The van der Waals surface area contributed by atoms with Crippen LogP contribution >= 0.6 is 11.8 Å². The zero-order valence-electron chi connectivity index (χ0n) is 17.4. The van der Waals surface area contributed by atoms with Crippen molar-refractivity contribution in [3.05, 3.63) is 0 Å². The fourth-order valence-corrected chi connectivity index (χ4v) is 9.70. The van der Waals surface area contributed by atoms with Crippen molar-refractivity contribution in [2.75, 3.05) is 5.75 Å². The standard InChI is InChI=1S/C24H42S/c1-5-14-25-19-15-22-20-10-9-18-8-6-7-12-23(18,4)21(20)11-13-24(22,16-19)17(2)3/h17-22H,5-16H2,1-4H3/t18-,19+,20-,21+,22+,23+,24-/m1/s1. The van der Waals surface area contributed by atoms with E-state index < -0.39 is 0 Å². The zero-order valence-corrected chi connectivity index (χ0v) is 18.2. The lowest BCUT2D eigenvalue weighted by molar-refractivity contribution is -0.118. The molecule has 4 aliphatic carbocycles. The highest BCUT2D eigenvalue weighted by Crippen LogP contribution is 2.68. The highest BCUT2D eigenvalue weighted by molar-refractivity contribution is 7.99. The van der Waals surface area contributed by atoms with Gasteiger partial charge < -0.3 is 0 Å². The van der Waals surface area contributed by atoms with Crippen molar-refractivity contribution >= 4 is 11.8 Å². The summed E-state index contributed by atoms with van der Waals surface area (Å²) in [4.78, 5) is 0. The Labute approximate surface area is 161 Å². The van der Waals surface area contributed by atoms with Crippen LogP contribution in [0.25, 0.3) is 0 Å². The molecule has 4 saturated carbocycles. The van der Waals surface area contributed by atoms with Gasteiger partial charge in [0.05, 0.1) is 0 Å². The second-order valence-corrected chi connectivity index (χ2v) is 12.2. The molecule has 0 aromatic carbocycles. The Morgan fingerprint density at radius 3 is 2.60 bits per heavy atom. The van der Waals surface area contributed by atoms with E-state index in [1.165, 1.54) is 25.0 Å². The number of fused-ring (bicyclic) bond motifs is 5. The monoisotopic (exact) mass is 362 g/mol. The quantitative estimate of drug-likeness (QED) is 0.497. The van der Waals surface area contributed by atoms with Crippen molar-refractivity contribution in [2.45, 2.75) is 104 Å². The first kappa shape index (κ1) is 18.7. The van der Waals surface area contributed by atoms with Gasteiger partial charge in [-0.25, -0.2) is 0 Å². The lowest BCUT2D eigenvalue weighted by atomic mass is 9.44. The molecular formula is C24H42S. The van der Waals surface area contributed by atoms with Crippen LogP contribution in [0.4, 0.5) is 0 Å². The largest absolute Gasteiger partial charge is 0.159 e. The number of hydrogen-bond donors (Lipinski definition) is 0. The second-order valence-electron chi connectivity index (χ2n) is 10.8. The Morgan fingerprint density at radius 1 is 1.00 bits per heavy atom. The summed E-state index contributed by atoms with van der Waals surface area (Å²) in [6.07, 6.45) is 16.9. The summed E-state index contributed by atoms with van der Waals surface area (Å²) in [5, 5.41) is 0.975. The molecule has 0 nitrogen and oxygen atoms in total. The van der Waals surface area contributed by atoms with Gasteiger partial charge in [-0.05, 0) is 104 Å². The molecule has 0 aromatic heterocycles. The van der Waals surface area contributed by atoms with E-state index in [4.69, 9.17) is 0 Å². The lowest BCUT2D eigenvalue weighted by Gasteiger charge is -2.61. The summed E-state index contributed by atoms with van der Waals surface area (Å²) in [6.45, 7) is 10.2. The minimum absolute atomic E-state index is 0.699. The minimum atomic E-state index is 0.699. The number of rotatable bonds is 4. The molecule has 7 atom stereocenters. The molecule has 4 aliphatic rings. The van der Waals surface area contributed by atoms with Crippen LogP contribution in [0.5, 0.6) is 0 Å². The molecule has 0 heterocycles. The van der Waals surface area contributed by atoms with Gasteiger partial charge in [-0.1, -0.05) is 40.5 Å². The van der Waals surface area contributed by atoms with Crippen molar-refractivity contribution in [3.8, 4) is 0 Å². The predicted octanol–water partition coefficient (Wildman–Crippen LogP) is 7.57. The molecule has 1 heteroatoms. The molecule has 144 valence electrons. The lowest BCUT2D eigenvalue weighted by Crippen LogP contribution is -2.53. The van der Waals surface area contributed by atoms with Crippen LogP contribution in [0.1, 0.15) is 98.3 Å². The van der Waals surface area contributed by atoms with E-state index in [2.05, 4.69) is 39.5 Å². The van der Waals surface area contributed by atoms with Crippen molar-refractivity contribution < 1.29 is 0 Å². The third-order valence-corrected chi connectivity index (χ3v) is 11.1. The molecule has 0 radical (unpaired) electrons. The van der Waals surface area contributed by atoms with Gasteiger partial charge in [0.1, 0.15) is 0 Å². The molecule has 0 amide bonds. The van der Waals surface area contributed by atoms with Crippen LogP contribution in [0.3, 0.4) is 0 Å². The van der Waals surface area contributed by atoms with Crippen LogP contribution in [0.2, 0.25) is 0 Å². The van der Waals surface area contributed by atoms with Crippen molar-refractivity contribution in [2.24, 2.45) is 40.4 Å². The Hall–Kier alpha value is 0.350. The van der Waals surface area contributed by atoms with E-state index in [1.54, 1.807) is 51.4 Å². The number of hydrogen-bond acceptors (Lipinski definition) is 1. The topological polar surface area (TPSA) is 0 Å². The molecule has 0 saturated heterocycles. The first-order valence-corrected chi connectivity index (χ1v) is 12.7. The van der Waals surface area contributed by atoms with Gasteiger partial charge in [0.15, 0.2) is 0 Å². The summed E-state index contributed by atoms with van der Waals surface area (Å²) in [7, 11) is 0. The highest BCUT2D eigenvalue weighted by Gasteiger charge is 2.60. The summed E-state index contributed by atoms with van der Waals surface area (Å²) >= 11 is 2.33. The third-order valence-electron chi connectivity index (χ3n) is 9.67. The summed E-state index contributed by atoms with van der Waals surface area (Å²) in [6, 6.07) is 0. The fraction of sp³-hybridized carbons (Fsp3) is 1.00. The van der Waals surface area contributed by atoms with Gasteiger partial charge in [-0.3, -0.25) is 0 Å². The van der Waals surface area contributed by atoms with Crippen molar-refractivity contribution in [1.29, 1.82) is 0 Å². The van der Waals surface area contributed by atoms with Gasteiger partial charge >= 0.3 is 0 Å². The fourth-order valence-electron chi connectivity index (χ4n) is 8.36. The Balaban J connectivity index is 1.59. The van der Waals surface area contributed by atoms with Crippen molar-refractivity contribution in [1.82, 2.24) is 0 Å². The highest BCUT2D eigenvalue weighted by atomic mass is 32.2. The van der Waals surface area contributed by atoms with Crippen LogP contribution in [0, 0.1) is 40.4 Å². The molecule has 0 unspecified atom stereocenters. The molecule has 4 fully saturated rings. The molecule has 0 aromatic rings. The molecule has 4 rings (SSSR count). The normalized spacial score (nSPS) is 49.6. The zero-order chi connectivity index (χ0) is 17.7. The molecule has 0 N–H and O–H groups in total. The van der Waals surface area contributed by atoms with Gasteiger partial charge in [0.25, 0.3) is 0 Å². The average molecular weight is 363 g/mol. The van der Waals surface area contributed by atoms with E-state index in [-0.39, 0.29) is 0 Å². The second kappa shape index (κ2) is 7.06. The van der Waals surface area contributed by atoms with Crippen LogP contribution in [-0.2, 0) is 0 Å². The first-order valence-electron chi connectivity index (χ1n) is 11.6. The maximum Gasteiger partial charge on any atom is 0.00554 e. The van der Waals surface area contributed by atoms with E-state index >= 15 is 0 Å². The first-order chi connectivity index (χ1) is 12.0. The van der Waals surface area contributed by atoms with E-state index in [9.17, 15) is 0 Å². The van der Waals surface area contributed by atoms with Crippen LogP contribution in [0.15, 0.2) is 0 Å². The van der Waals surface area contributed by atoms with E-state index in [0.717, 1.165) is 34.8 Å². The Bertz CT molecular complexity index is 471. The summed E-state index contributed by atoms with van der Waals surface area (Å²) in [5.41, 5.74) is 1.41. The number of thioether (sulfide) groups is 1. The van der Waals surface area contributed by atoms with Crippen LogP contribution < -0.4 is 0 Å². The molecular weight excluding hydrogens is 320 g/mol. The van der Waals surface area contributed by atoms with Crippen LogP contribution in [-0.4, -0.2) is 11.0 Å². The molecule has 25 heavy (non-hydrogen) atoms. The van der Waals surface area contributed by atoms with Gasteiger partial charge in [0, 0.05) is 5.25 Å². The van der Waals surface area contributed by atoms with Gasteiger partial charge in [-0.2, -0.15) is 11.8 Å². The molecule has 0 spiro atoms. The van der Waals surface area contributed by atoms with E-state index in [1.807, 2.05) is 0 Å². The van der Waals surface area contributed by atoms with Crippen molar-refractivity contribution in [3.63, 3.8) is 0 Å². The average Bonchev–Trinajstić information content (AvgIpc) is 2.99. The minimum Gasteiger partial charge on any atom is -0.159 e. The SMILES string of the molecule is CCCS[C@H]1C[C@H]2[C@@H]3CC[C@H]4CCCC[C@]4(C)[C@H]3CC[C@]2(C(C)C)C1. The van der Waals surface area contributed by atoms with Gasteiger partial charge in [-0.15, -0.1) is 0 Å². The van der Waals surface area contributed by atoms with Gasteiger partial charge in [0.2, 0.25) is 0 Å². The molecule has 0 aliphatic heterocycles. The molecule has 0 bridgehead atoms. The Kier molecular flexibility index (Phi) is 5.28. The van der Waals surface area contributed by atoms with E-state index in [0.29, 0.717) is 10.8 Å². The summed E-state index contributed by atoms with van der Waals surface area (Å²) in [5.74, 6) is 6.55. The maximum absolute atomic E-state index is 2.73. The Morgan fingerprint density at radius 2 is 1.84 bits per heavy atom. The smallest absolute Gasteiger partial charge is 0.00554 e. The summed E-state index contributed by atoms with van der Waals surface area (Å²) < 4.78 is 0. The maximum atomic E-state index is 2.73. The third kappa shape index (κ3) is 2.94.